The Balaban J connectivity index is 2.06. The van der Waals surface area contributed by atoms with Crippen molar-refractivity contribution in [1.82, 2.24) is 5.32 Å². The molecule has 0 aliphatic rings. The summed E-state index contributed by atoms with van der Waals surface area (Å²) in [4.78, 5) is 35.5. The molecule has 0 saturated carbocycles. The summed E-state index contributed by atoms with van der Waals surface area (Å²) in [7, 11) is -1.43. The van der Waals surface area contributed by atoms with Gasteiger partial charge in [0.15, 0.2) is 0 Å². The molecule has 0 radical (unpaired) electrons. The summed E-state index contributed by atoms with van der Waals surface area (Å²) in [6.45, 7) is 1.24. The van der Waals surface area contributed by atoms with Gasteiger partial charge in [-0.3, -0.25) is 9.59 Å². The molecule has 5 N–H and O–H groups in total. The Hall–Kier alpha value is -2.54. The minimum absolute atomic E-state index is 0.0694. The van der Waals surface area contributed by atoms with Crippen molar-refractivity contribution < 1.29 is 27.9 Å². The summed E-state index contributed by atoms with van der Waals surface area (Å²) in [6, 6.07) is 11.1. The highest BCUT2D eigenvalue weighted by Gasteiger charge is 2.19. The number of sulfonamides is 1. The average molecular weight is 470 g/mol. The maximum absolute atomic E-state index is 12.6. The molecule has 2 rings (SSSR count). The van der Waals surface area contributed by atoms with E-state index in [1.54, 1.807) is 24.3 Å². The summed E-state index contributed by atoms with van der Waals surface area (Å²) >= 11 is 0. The first kappa shape index (κ1) is 23.7. The zero-order valence-corrected chi connectivity index (χ0v) is 18.1. The van der Waals surface area contributed by atoms with Crippen LogP contribution in [0.15, 0.2) is 58.3 Å². The molecule has 9 nitrogen and oxygen atoms in total. The summed E-state index contributed by atoms with van der Waals surface area (Å²) < 4.78 is 22.6. The van der Waals surface area contributed by atoms with E-state index in [4.69, 9.17) is 10.2 Å². The standard InChI is InChI=1S/C18H19N3O6S3/c1-11(22)20-15(18(24)25)10-28-29-16-5-3-2-4-14(16)17(23)21-12-6-8-13(9-7-12)30(19,26)27/h2-9,15H,10H2,1H3,(H,20,22)(H,21,23)(H,24,25)(H2,19,26,27)/t15-/m0/s1. The molecule has 0 saturated heterocycles. The number of hydrogen-bond acceptors (Lipinski definition) is 7. The van der Waals surface area contributed by atoms with Crippen molar-refractivity contribution in [2.24, 2.45) is 5.14 Å². The largest absolute Gasteiger partial charge is 0.480 e. The molecule has 30 heavy (non-hydrogen) atoms. The summed E-state index contributed by atoms with van der Waals surface area (Å²) in [5, 5.41) is 19.2. The van der Waals surface area contributed by atoms with Crippen LogP contribution in [0.2, 0.25) is 0 Å². The molecule has 0 bridgehead atoms. The summed E-state index contributed by atoms with van der Waals surface area (Å²) in [5.41, 5.74) is 0.744. The minimum Gasteiger partial charge on any atom is -0.480 e. The molecular formula is C18H19N3O6S3. The Kier molecular flexibility index (Phi) is 8.29. The van der Waals surface area contributed by atoms with Gasteiger partial charge < -0.3 is 15.7 Å². The zero-order valence-electron chi connectivity index (χ0n) is 15.7. The number of benzene rings is 2. The quantitative estimate of drug-likeness (QED) is 0.406. The fourth-order valence-corrected chi connectivity index (χ4v) is 5.13. The smallest absolute Gasteiger partial charge is 0.327 e. The maximum Gasteiger partial charge on any atom is 0.327 e. The molecule has 0 aliphatic carbocycles. The van der Waals surface area contributed by atoms with E-state index in [9.17, 15) is 22.8 Å². The van der Waals surface area contributed by atoms with Crippen molar-refractivity contribution in [3.05, 3.63) is 54.1 Å². The van der Waals surface area contributed by atoms with Crippen molar-refractivity contribution in [3.63, 3.8) is 0 Å². The van der Waals surface area contributed by atoms with Crippen LogP contribution in [0, 0.1) is 0 Å². The first-order chi connectivity index (χ1) is 14.1. The molecule has 0 unspecified atom stereocenters. The minimum atomic E-state index is -3.82. The molecule has 12 heteroatoms. The van der Waals surface area contributed by atoms with Gasteiger partial charge in [0.1, 0.15) is 6.04 Å². The number of anilines is 1. The van der Waals surface area contributed by atoms with E-state index in [2.05, 4.69) is 10.6 Å². The van der Waals surface area contributed by atoms with Gasteiger partial charge in [-0.05, 0) is 36.4 Å². The van der Waals surface area contributed by atoms with Crippen LogP contribution in [0.3, 0.4) is 0 Å². The van der Waals surface area contributed by atoms with E-state index in [-0.39, 0.29) is 10.6 Å². The number of carboxylic acids is 1. The third kappa shape index (κ3) is 7.06. The average Bonchev–Trinajstić information content (AvgIpc) is 2.67. The molecule has 160 valence electrons. The maximum atomic E-state index is 12.6. The Morgan fingerprint density at radius 1 is 1.10 bits per heavy atom. The van der Waals surface area contributed by atoms with Crippen molar-refractivity contribution in [3.8, 4) is 0 Å². The molecule has 0 aliphatic heterocycles. The third-order valence-corrected chi connectivity index (χ3v) is 6.98. The van der Waals surface area contributed by atoms with Crippen LogP contribution in [0.1, 0.15) is 17.3 Å². The third-order valence-electron chi connectivity index (χ3n) is 3.63. The number of amides is 2. The molecule has 0 fully saturated rings. The lowest BCUT2D eigenvalue weighted by Crippen LogP contribution is -2.41. The van der Waals surface area contributed by atoms with Crippen molar-refractivity contribution in [2.75, 3.05) is 11.1 Å². The predicted octanol–water partition coefficient (Wildman–Crippen LogP) is 1.92. The monoisotopic (exact) mass is 469 g/mol. The van der Waals surface area contributed by atoms with E-state index in [1.165, 1.54) is 52.8 Å². The van der Waals surface area contributed by atoms with Crippen molar-refractivity contribution in [2.45, 2.75) is 22.8 Å². The normalized spacial score (nSPS) is 12.1. The van der Waals surface area contributed by atoms with Gasteiger partial charge in [-0.25, -0.2) is 18.4 Å². The number of carbonyl (C=O) groups is 3. The number of aliphatic carboxylic acids is 1. The van der Waals surface area contributed by atoms with Gasteiger partial charge in [0.25, 0.3) is 5.91 Å². The lowest BCUT2D eigenvalue weighted by atomic mass is 10.2. The zero-order chi connectivity index (χ0) is 22.3. The van der Waals surface area contributed by atoms with Crippen LogP contribution in [0.25, 0.3) is 0 Å². The van der Waals surface area contributed by atoms with E-state index in [0.717, 1.165) is 0 Å². The number of hydrogen-bond donors (Lipinski definition) is 4. The first-order valence-electron chi connectivity index (χ1n) is 8.40. The number of nitrogens with two attached hydrogens (primary N) is 1. The Morgan fingerprint density at radius 2 is 1.73 bits per heavy atom. The topological polar surface area (TPSA) is 156 Å². The summed E-state index contributed by atoms with van der Waals surface area (Å²) in [6.07, 6.45) is 0. The van der Waals surface area contributed by atoms with Gasteiger partial charge in [-0.15, -0.1) is 0 Å². The van der Waals surface area contributed by atoms with Crippen LogP contribution in [-0.2, 0) is 19.6 Å². The van der Waals surface area contributed by atoms with Crippen LogP contribution in [0.5, 0.6) is 0 Å². The molecule has 0 aromatic heterocycles. The Bertz CT molecular complexity index is 1040. The predicted molar refractivity (Wildman–Crippen MR) is 116 cm³/mol. The highest BCUT2D eigenvalue weighted by atomic mass is 33.1. The van der Waals surface area contributed by atoms with Gasteiger partial charge in [0, 0.05) is 23.3 Å². The van der Waals surface area contributed by atoms with Crippen LogP contribution >= 0.6 is 21.6 Å². The van der Waals surface area contributed by atoms with E-state index >= 15 is 0 Å². The van der Waals surface area contributed by atoms with Gasteiger partial charge in [-0.2, -0.15) is 0 Å². The lowest BCUT2D eigenvalue weighted by Gasteiger charge is -2.13. The highest BCUT2D eigenvalue weighted by Crippen LogP contribution is 2.34. The van der Waals surface area contributed by atoms with Gasteiger partial charge in [0.05, 0.1) is 10.5 Å². The van der Waals surface area contributed by atoms with E-state index in [1.807, 2.05) is 0 Å². The van der Waals surface area contributed by atoms with E-state index < -0.39 is 33.8 Å². The second-order valence-electron chi connectivity index (χ2n) is 5.98. The molecule has 0 heterocycles. The van der Waals surface area contributed by atoms with Crippen LogP contribution < -0.4 is 15.8 Å². The van der Waals surface area contributed by atoms with Gasteiger partial charge in [-0.1, -0.05) is 33.7 Å². The second kappa shape index (κ2) is 10.5. The molecule has 2 aromatic rings. The van der Waals surface area contributed by atoms with Crippen LogP contribution in [-0.4, -0.2) is 43.1 Å². The van der Waals surface area contributed by atoms with Gasteiger partial charge >= 0.3 is 5.97 Å². The van der Waals surface area contributed by atoms with E-state index in [0.29, 0.717) is 16.1 Å². The van der Waals surface area contributed by atoms with Crippen molar-refractivity contribution in [1.29, 1.82) is 0 Å². The number of nitrogens with one attached hydrogen (secondary N) is 2. The number of rotatable bonds is 9. The van der Waals surface area contributed by atoms with Crippen LogP contribution in [0.4, 0.5) is 5.69 Å². The highest BCUT2D eigenvalue weighted by molar-refractivity contribution is 8.76. The number of primary sulfonamides is 1. The Labute approximate surface area is 181 Å². The van der Waals surface area contributed by atoms with Gasteiger partial charge in [0.2, 0.25) is 15.9 Å². The Morgan fingerprint density at radius 3 is 2.30 bits per heavy atom. The fraction of sp³-hybridized carbons (Fsp3) is 0.167. The molecule has 0 spiro atoms. The SMILES string of the molecule is CC(=O)N[C@@H](CSSc1ccccc1C(=O)Nc1ccc(S(N)(=O)=O)cc1)C(=O)O. The number of carboxylic acid groups (broad SMARTS) is 1. The summed E-state index contributed by atoms with van der Waals surface area (Å²) in [5.74, 6) is -1.91. The second-order valence-corrected chi connectivity index (χ2v) is 9.92. The number of carbonyl (C=O) groups excluding carboxylic acids is 2. The lowest BCUT2D eigenvalue weighted by molar-refractivity contribution is -0.140. The fourth-order valence-electron chi connectivity index (χ4n) is 2.24. The molecule has 2 amide bonds. The molecule has 2 aromatic carbocycles. The van der Waals surface area contributed by atoms with Crippen molar-refractivity contribution >= 4 is 55.1 Å². The first-order valence-corrected chi connectivity index (χ1v) is 12.3. The molecule has 1 atom stereocenters. The molecular weight excluding hydrogens is 450 g/mol.